The summed E-state index contributed by atoms with van der Waals surface area (Å²) in [7, 11) is 4.02. The molecular weight excluding hydrogens is 549 g/mol. The van der Waals surface area contributed by atoms with Crippen LogP contribution < -0.4 is 10.7 Å². The number of hydrogen-bond donors (Lipinski definition) is 3. The van der Waals surface area contributed by atoms with Crippen molar-refractivity contribution in [3.05, 3.63) is 47.7 Å². The van der Waals surface area contributed by atoms with Gasteiger partial charge in [0.15, 0.2) is 0 Å². The van der Waals surface area contributed by atoms with Crippen LogP contribution in [0.4, 0.5) is 4.39 Å². The lowest BCUT2D eigenvalue weighted by Gasteiger charge is -2.37. The Balaban J connectivity index is 0.00000452. The van der Waals surface area contributed by atoms with Gasteiger partial charge in [0.25, 0.3) is 0 Å². The lowest BCUT2D eigenvalue weighted by Crippen LogP contribution is -2.50. The highest BCUT2D eigenvalue weighted by molar-refractivity contribution is 5.93. The van der Waals surface area contributed by atoms with Gasteiger partial charge in [0.1, 0.15) is 12.1 Å². The molecule has 1 aliphatic carbocycles. The molecule has 1 fully saturated rings. The maximum Gasteiger partial charge on any atom is 0.247 e. The van der Waals surface area contributed by atoms with Crippen molar-refractivity contribution in [3.63, 3.8) is 0 Å². The molecule has 1 amide bonds. The zero-order valence-corrected chi connectivity index (χ0v) is 27.6. The van der Waals surface area contributed by atoms with Gasteiger partial charge in [-0.05, 0) is 52.3 Å². The number of hydrazone groups is 1. The summed E-state index contributed by atoms with van der Waals surface area (Å²) in [6, 6.07) is 0.352. The van der Waals surface area contributed by atoms with Crippen molar-refractivity contribution in [2.75, 3.05) is 73.9 Å². The van der Waals surface area contributed by atoms with E-state index in [2.05, 4.69) is 52.6 Å². The molecule has 43 heavy (non-hydrogen) atoms. The Morgan fingerprint density at radius 1 is 1.35 bits per heavy atom. The van der Waals surface area contributed by atoms with Gasteiger partial charge in [-0.3, -0.25) is 19.1 Å². The molecule has 1 heterocycles. The number of likely N-dealkylation sites (N-methyl/N-ethyl adjacent to an activating group) is 1. The van der Waals surface area contributed by atoms with Crippen LogP contribution in [0.2, 0.25) is 0 Å². The lowest BCUT2D eigenvalue weighted by molar-refractivity contribution is -0.917. The summed E-state index contributed by atoms with van der Waals surface area (Å²) in [6.07, 6.45) is 18.6. The van der Waals surface area contributed by atoms with E-state index in [4.69, 9.17) is 4.74 Å². The van der Waals surface area contributed by atoms with E-state index in [-0.39, 0.29) is 5.91 Å². The first-order chi connectivity index (χ1) is 20.7. The second-order valence-electron chi connectivity index (χ2n) is 10.9. The molecule has 2 rings (SSSR count). The summed E-state index contributed by atoms with van der Waals surface area (Å²) in [5.74, 6) is 0.00419. The molecule has 11 heteroatoms. The van der Waals surface area contributed by atoms with Gasteiger partial charge in [-0.2, -0.15) is 10.2 Å². The van der Waals surface area contributed by atoms with E-state index in [9.17, 15) is 14.3 Å². The Morgan fingerprint density at radius 2 is 2.12 bits per heavy atom. The summed E-state index contributed by atoms with van der Waals surface area (Å²) in [5.41, 5.74) is 3.79. The largest absolute Gasteiger partial charge is 0.380 e. The Morgan fingerprint density at radius 3 is 2.72 bits per heavy atom. The monoisotopic (exact) mass is 606 g/mol. The number of likely N-dealkylation sites (tertiary alicyclic amines) is 1. The number of aliphatic hydroxyl groups is 1. The first-order valence-electron chi connectivity index (χ1n) is 15.4. The fourth-order valence-electron chi connectivity index (χ4n) is 5.42. The van der Waals surface area contributed by atoms with Crippen LogP contribution in [0.25, 0.3) is 0 Å². The second-order valence-corrected chi connectivity index (χ2v) is 10.9. The summed E-state index contributed by atoms with van der Waals surface area (Å²) < 4.78 is 16.3. The minimum Gasteiger partial charge on any atom is -0.380 e. The van der Waals surface area contributed by atoms with Crippen LogP contribution in [0, 0.1) is 0 Å². The normalized spacial score (nSPS) is 23.2. The molecule has 0 aromatic heterocycles. The highest BCUT2D eigenvalue weighted by atomic mass is 19.1. The quantitative estimate of drug-likeness (QED) is 0.0551. The molecule has 244 valence electrons. The van der Waals surface area contributed by atoms with E-state index in [0.29, 0.717) is 39.6 Å². The van der Waals surface area contributed by atoms with Gasteiger partial charge < -0.3 is 19.6 Å². The fourth-order valence-corrected chi connectivity index (χ4v) is 5.42. The molecule has 3 atom stereocenters. The van der Waals surface area contributed by atoms with Crippen LogP contribution in [0.15, 0.2) is 57.8 Å². The smallest absolute Gasteiger partial charge is 0.247 e. The molecule has 1 saturated heterocycles. The molecule has 0 bridgehead atoms. The van der Waals surface area contributed by atoms with E-state index in [1.54, 1.807) is 31.6 Å². The number of nitrogens with zero attached hydrogens (tertiary/aromatic N) is 5. The number of carbonyl (C=O) groups is 1. The molecule has 0 aromatic rings. The topological polar surface area (TPSA) is 102 Å². The second kappa shape index (κ2) is 21.1. The molecule has 10 nitrogen and oxygen atoms in total. The van der Waals surface area contributed by atoms with E-state index in [1.807, 2.05) is 37.3 Å². The lowest BCUT2D eigenvalue weighted by atomic mass is 10.0. The third kappa shape index (κ3) is 13.2. The van der Waals surface area contributed by atoms with Crippen molar-refractivity contribution >= 4 is 18.3 Å². The van der Waals surface area contributed by atoms with Gasteiger partial charge in [0, 0.05) is 57.5 Å². The van der Waals surface area contributed by atoms with Crippen molar-refractivity contribution < 1.29 is 23.5 Å². The summed E-state index contributed by atoms with van der Waals surface area (Å²) >= 11 is 0. The van der Waals surface area contributed by atoms with Gasteiger partial charge in [0.05, 0.1) is 45.8 Å². The third-order valence-corrected chi connectivity index (χ3v) is 8.07. The molecular formula is C32H57FN7O3+. The number of amides is 1. The number of alkyl halides is 1. The minimum atomic E-state index is -0.843. The van der Waals surface area contributed by atoms with Crippen molar-refractivity contribution in [1.82, 2.24) is 20.8 Å². The molecule has 0 spiro atoms. The summed E-state index contributed by atoms with van der Waals surface area (Å²) in [5, 5.41) is 20.3. The van der Waals surface area contributed by atoms with Crippen LogP contribution >= 0.6 is 0 Å². The first-order valence-corrected chi connectivity index (χ1v) is 15.4. The molecule has 2 aliphatic rings. The van der Waals surface area contributed by atoms with Crippen LogP contribution in [-0.4, -0.2) is 123 Å². The average Bonchev–Trinajstić information content (AvgIpc) is 3.38. The van der Waals surface area contributed by atoms with E-state index in [1.165, 1.54) is 0 Å². The molecule has 0 saturated carbocycles. The fraction of sp³-hybridized carbons (Fsp3) is 0.656. The zero-order chi connectivity index (χ0) is 32.1. The average molecular weight is 607 g/mol. The molecule has 1 aliphatic heterocycles. The van der Waals surface area contributed by atoms with Crippen LogP contribution in [0.3, 0.4) is 0 Å². The highest BCUT2D eigenvalue weighted by Gasteiger charge is 2.45. The molecule has 0 aromatic carbocycles. The summed E-state index contributed by atoms with van der Waals surface area (Å²) in [4.78, 5) is 18.7. The van der Waals surface area contributed by atoms with E-state index in [0.717, 1.165) is 67.6 Å². The minimum absolute atomic E-state index is 0.00419. The van der Waals surface area contributed by atoms with E-state index < -0.39 is 5.60 Å². The Bertz CT molecular complexity index is 997. The number of aliphatic imine (C=N–C) groups is 1. The van der Waals surface area contributed by atoms with Gasteiger partial charge in [-0.15, -0.1) is 0 Å². The van der Waals surface area contributed by atoms with Crippen molar-refractivity contribution in [2.45, 2.75) is 65.0 Å². The number of quaternary nitrogens is 1. The van der Waals surface area contributed by atoms with Gasteiger partial charge >= 0.3 is 0 Å². The standard InChI is InChI=1S/C31H53N7O3.CH3F/c1-7-35-37(33-6)29(24-32-5)16-13-18-31(40)19-22-38(9-3,25-31)21-17-27(4)36(8-2)26-41-23-20-34-30(39)28-14-11-10-12-15-28;1-2/h7,10-11,13-14,16,18,24,27,33,40H,8-9,12,15,17,19-23,25-26H2,1-6H3;1H3/p+1/b18-13+,29-16+,32-24?,35-7-;/t27?,31-,38?;/m1./s1. The number of carbonyl (C=O) groups excluding carboxylic acids is 1. The van der Waals surface area contributed by atoms with Crippen molar-refractivity contribution in [2.24, 2.45) is 10.1 Å². The number of rotatable bonds is 18. The Labute approximate surface area is 259 Å². The number of halogens is 1. The maximum atomic E-state index is 12.2. The predicted octanol–water partition coefficient (Wildman–Crippen LogP) is 3.59. The van der Waals surface area contributed by atoms with Crippen molar-refractivity contribution in [1.29, 1.82) is 0 Å². The van der Waals surface area contributed by atoms with Gasteiger partial charge in [-0.25, -0.2) is 5.43 Å². The Kier molecular flexibility index (Phi) is 18.8. The predicted molar refractivity (Wildman–Crippen MR) is 175 cm³/mol. The molecule has 2 unspecified atom stereocenters. The Hall–Kier alpha value is -2.70. The van der Waals surface area contributed by atoms with Crippen LogP contribution in [0.5, 0.6) is 0 Å². The van der Waals surface area contributed by atoms with Crippen LogP contribution in [-0.2, 0) is 9.53 Å². The number of nitrogens with one attached hydrogen (secondary N) is 2. The van der Waals surface area contributed by atoms with Crippen molar-refractivity contribution in [3.8, 4) is 0 Å². The highest BCUT2D eigenvalue weighted by Crippen LogP contribution is 2.30. The van der Waals surface area contributed by atoms with Gasteiger partial charge in [-0.1, -0.05) is 31.2 Å². The number of hydrogen-bond acceptors (Lipinski definition) is 8. The summed E-state index contributed by atoms with van der Waals surface area (Å²) in [6.45, 7) is 14.6. The SMILES string of the molecule is C/C=N\N(NC)/C(C=NC)=C/C=C/[C@@]1(O)CC[N+](CC)(CCC(C)N(CC)COCCNC(=O)C2=CC=CCC2)C1.CF. The first kappa shape index (κ1) is 38.3. The number of allylic oxidation sites excluding steroid dienone is 6. The molecule has 0 radical (unpaired) electrons. The third-order valence-electron chi connectivity index (χ3n) is 8.07. The number of ether oxygens (including phenoxy) is 1. The zero-order valence-electron chi connectivity index (χ0n) is 27.6. The maximum absolute atomic E-state index is 12.2. The number of hydrazine groups is 1. The molecule has 3 N–H and O–H groups in total. The van der Waals surface area contributed by atoms with Gasteiger partial charge in [0.2, 0.25) is 5.91 Å². The van der Waals surface area contributed by atoms with E-state index >= 15 is 0 Å². The van der Waals surface area contributed by atoms with Crippen LogP contribution in [0.1, 0.15) is 53.4 Å².